The van der Waals surface area contributed by atoms with Gasteiger partial charge in [0.05, 0.1) is 12.7 Å². The second-order valence-corrected chi connectivity index (χ2v) is 8.02. The van der Waals surface area contributed by atoms with E-state index in [1.54, 1.807) is 24.3 Å². The fraction of sp³-hybridized carbons (Fsp3) is 0.235. The predicted molar refractivity (Wildman–Crippen MR) is 109 cm³/mol. The lowest BCUT2D eigenvalue weighted by atomic mass is 10.1. The maximum Gasteiger partial charge on any atom is 0.341 e. The Morgan fingerprint density at radius 2 is 1.92 bits per heavy atom. The molecule has 2 aromatic rings. The van der Waals surface area contributed by atoms with Crippen molar-refractivity contribution < 1.29 is 14.3 Å². The van der Waals surface area contributed by atoms with Crippen LogP contribution in [0.1, 0.15) is 37.6 Å². The molecule has 0 saturated carbocycles. The Balaban J connectivity index is 1.64. The number of hydrogen-bond donors (Lipinski definition) is 3. The first-order valence-corrected chi connectivity index (χ1v) is 9.87. The van der Waals surface area contributed by atoms with Gasteiger partial charge in [0.15, 0.2) is 5.11 Å². The zero-order chi connectivity index (χ0) is 18.7. The highest BCUT2D eigenvalue weighted by molar-refractivity contribution is 9.10. The zero-order valence-corrected chi connectivity index (χ0v) is 17.1. The molecule has 0 atom stereocenters. The highest BCUT2D eigenvalue weighted by Crippen LogP contribution is 2.39. The molecule has 136 valence electrons. The Kier molecular flexibility index (Phi) is 5.90. The lowest BCUT2D eigenvalue weighted by molar-refractivity contribution is 0.0601. The number of anilines is 1. The number of aryl methyl sites for hydroxylation is 1. The molecule has 0 spiro atoms. The number of benzene rings is 1. The standard InChI is InChI=1S/C17H16BrN3O3S2/c1-24-16(23)13-11-3-2-4-12(11)26-15(13)19-17(25)21-20-14(22)9-5-7-10(18)8-6-9/h5-8H,2-4H2,1H3,(H,20,22)(H2,19,21,25). The maximum absolute atomic E-state index is 12.1. The van der Waals surface area contributed by atoms with Gasteiger partial charge >= 0.3 is 5.97 Å². The molecule has 1 aromatic carbocycles. The van der Waals surface area contributed by atoms with Crippen LogP contribution in [-0.4, -0.2) is 24.1 Å². The molecule has 1 heterocycles. The number of amides is 1. The van der Waals surface area contributed by atoms with Gasteiger partial charge in [-0.3, -0.25) is 15.6 Å². The summed E-state index contributed by atoms with van der Waals surface area (Å²) in [6, 6.07) is 6.94. The van der Waals surface area contributed by atoms with Crippen LogP contribution in [0.5, 0.6) is 0 Å². The molecule has 0 unspecified atom stereocenters. The highest BCUT2D eigenvalue weighted by Gasteiger charge is 2.27. The highest BCUT2D eigenvalue weighted by atomic mass is 79.9. The van der Waals surface area contributed by atoms with Crippen LogP contribution in [0.3, 0.4) is 0 Å². The molecular formula is C17H16BrN3O3S2. The van der Waals surface area contributed by atoms with Gasteiger partial charge in [-0.15, -0.1) is 11.3 Å². The number of halogens is 1. The molecule has 6 nitrogen and oxygen atoms in total. The third-order valence-corrected chi connectivity index (χ3v) is 5.87. The molecule has 3 rings (SSSR count). The molecule has 1 amide bonds. The SMILES string of the molecule is COC(=O)c1c(NC(=S)NNC(=O)c2ccc(Br)cc2)sc2c1CCC2. The van der Waals surface area contributed by atoms with Crippen molar-refractivity contribution in [2.75, 3.05) is 12.4 Å². The number of thiophene rings is 1. The number of fused-ring (bicyclic) bond motifs is 1. The van der Waals surface area contributed by atoms with Crippen LogP contribution in [-0.2, 0) is 17.6 Å². The first kappa shape index (κ1) is 18.8. The number of carbonyl (C=O) groups excluding carboxylic acids is 2. The third-order valence-electron chi connectivity index (χ3n) is 3.93. The second-order valence-electron chi connectivity index (χ2n) is 5.59. The van der Waals surface area contributed by atoms with E-state index in [9.17, 15) is 9.59 Å². The summed E-state index contributed by atoms with van der Waals surface area (Å²) in [5, 5.41) is 3.82. The molecule has 1 aromatic heterocycles. The van der Waals surface area contributed by atoms with E-state index in [1.807, 2.05) is 0 Å². The van der Waals surface area contributed by atoms with E-state index >= 15 is 0 Å². The fourth-order valence-electron chi connectivity index (χ4n) is 2.73. The second kappa shape index (κ2) is 8.15. The van der Waals surface area contributed by atoms with Gasteiger partial charge in [0.2, 0.25) is 0 Å². The Morgan fingerprint density at radius 1 is 1.19 bits per heavy atom. The monoisotopic (exact) mass is 453 g/mol. The predicted octanol–water partition coefficient (Wildman–Crippen LogP) is 3.42. The molecular weight excluding hydrogens is 438 g/mol. The molecule has 1 aliphatic carbocycles. The van der Waals surface area contributed by atoms with Crippen molar-refractivity contribution in [3.8, 4) is 0 Å². The van der Waals surface area contributed by atoms with Crippen molar-refractivity contribution in [1.29, 1.82) is 0 Å². The Labute approximate surface area is 168 Å². The number of esters is 1. The number of ether oxygens (including phenoxy) is 1. The first-order chi connectivity index (χ1) is 12.5. The van der Waals surface area contributed by atoms with E-state index in [0.717, 1.165) is 29.3 Å². The quantitative estimate of drug-likeness (QED) is 0.375. The lowest BCUT2D eigenvalue weighted by Crippen LogP contribution is -2.43. The molecule has 3 N–H and O–H groups in total. The van der Waals surface area contributed by atoms with Crippen LogP contribution in [0.2, 0.25) is 0 Å². The minimum atomic E-state index is -0.381. The smallest absolute Gasteiger partial charge is 0.341 e. The van der Waals surface area contributed by atoms with Gasteiger partial charge < -0.3 is 10.1 Å². The summed E-state index contributed by atoms with van der Waals surface area (Å²) in [6.45, 7) is 0. The number of nitrogens with one attached hydrogen (secondary N) is 3. The van der Waals surface area contributed by atoms with E-state index in [2.05, 4.69) is 32.1 Å². The molecule has 0 bridgehead atoms. The van der Waals surface area contributed by atoms with Gasteiger partial charge in [0, 0.05) is 14.9 Å². The summed E-state index contributed by atoms with van der Waals surface area (Å²) in [6.07, 6.45) is 2.85. The van der Waals surface area contributed by atoms with Gasteiger partial charge in [-0.2, -0.15) is 0 Å². The Bertz CT molecular complexity index is 865. The molecule has 9 heteroatoms. The fourth-order valence-corrected chi connectivity index (χ4v) is 4.50. The van der Waals surface area contributed by atoms with Gasteiger partial charge in [0.25, 0.3) is 5.91 Å². The summed E-state index contributed by atoms with van der Waals surface area (Å²) in [4.78, 5) is 25.4. The minimum absolute atomic E-state index is 0.195. The van der Waals surface area contributed by atoms with Crippen molar-refractivity contribution in [3.05, 3.63) is 50.3 Å². The average molecular weight is 454 g/mol. The van der Waals surface area contributed by atoms with Gasteiger partial charge in [-0.05, 0) is 61.3 Å². The van der Waals surface area contributed by atoms with Crippen LogP contribution >= 0.6 is 39.5 Å². The van der Waals surface area contributed by atoms with Gasteiger partial charge in [0.1, 0.15) is 5.00 Å². The van der Waals surface area contributed by atoms with Crippen molar-refractivity contribution >= 4 is 61.5 Å². The summed E-state index contributed by atoms with van der Waals surface area (Å²) < 4.78 is 5.79. The topological polar surface area (TPSA) is 79.5 Å². The van der Waals surface area contributed by atoms with Crippen LogP contribution in [0, 0.1) is 0 Å². The number of carbonyl (C=O) groups is 2. The molecule has 0 saturated heterocycles. The molecule has 1 aliphatic rings. The summed E-state index contributed by atoms with van der Waals surface area (Å²) in [7, 11) is 1.36. The zero-order valence-electron chi connectivity index (χ0n) is 13.8. The van der Waals surface area contributed by atoms with Gasteiger partial charge in [-0.25, -0.2) is 4.79 Å². The Hall–Kier alpha value is -1.97. The van der Waals surface area contributed by atoms with Crippen molar-refractivity contribution in [2.24, 2.45) is 0 Å². The van der Waals surface area contributed by atoms with Crippen LogP contribution < -0.4 is 16.2 Å². The number of hydrogen-bond acceptors (Lipinski definition) is 5. The van der Waals surface area contributed by atoms with Crippen molar-refractivity contribution in [1.82, 2.24) is 10.9 Å². The van der Waals surface area contributed by atoms with Crippen molar-refractivity contribution in [3.63, 3.8) is 0 Å². The largest absolute Gasteiger partial charge is 0.465 e. The van der Waals surface area contributed by atoms with E-state index < -0.39 is 0 Å². The lowest BCUT2D eigenvalue weighted by Gasteiger charge is -2.12. The van der Waals surface area contributed by atoms with E-state index in [-0.39, 0.29) is 17.0 Å². The maximum atomic E-state index is 12.1. The molecule has 0 aliphatic heterocycles. The summed E-state index contributed by atoms with van der Waals surface area (Å²) in [5.74, 6) is -0.697. The van der Waals surface area contributed by atoms with Crippen LogP contribution in [0.25, 0.3) is 0 Å². The number of rotatable bonds is 3. The number of hydrazine groups is 1. The van der Waals surface area contributed by atoms with Gasteiger partial charge in [-0.1, -0.05) is 15.9 Å². The minimum Gasteiger partial charge on any atom is -0.465 e. The van der Waals surface area contributed by atoms with E-state index in [0.29, 0.717) is 16.1 Å². The first-order valence-electron chi connectivity index (χ1n) is 7.85. The molecule has 26 heavy (non-hydrogen) atoms. The van der Waals surface area contributed by atoms with E-state index in [4.69, 9.17) is 17.0 Å². The third kappa shape index (κ3) is 4.05. The number of thiocarbonyl (C=S) groups is 1. The van der Waals surface area contributed by atoms with Crippen LogP contribution in [0.4, 0.5) is 5.00 Å². The normalized spacial score (nSPS) is 12.2. The van der Waals surface area contributed by atoms with E-state index in [1.165, 1.54) is 23.3 Å². The summed E-state index contributed by atoms with van der Waals surface area (Å²) >= 11 is 10.0. The van der Waals surface area contributed by atoms with Crippen molar-refractivity contribution in [2.45, 2.75) is 19.3 Å². The Morgan fingerprint density at radius 3 is 2.62 bits per heavy atom. The summed E-state index contributed by atoms with van der Waals surface area (Å²) in [5.41, 5.74) is 7.25. The molecule has 0 fully saturated rings. The number of methoxy groups -OCH3 is 1. The average Bonchev–Trinajstić information content (AvgIpc) is 3.20. The van der Waals surface area contributed by atoms with Crippen LogP contribution in [0.15, 0.2) is 28.7 Å². The molecule has 0 radical (unpaired) electrons.